The minimum atomic E-state index is -4.30. The molecule has 0 aliphatic carbocycles. The van der Waals surface area contributed by atoms with Crippen molar-refractivity contribution in [2.24, 2.45) is 0 Å². The Kier molecular flexibility index (Phi) is 4.98. The minimum Gasteiger partial charge on any atom is -0.293 e. The first-order chi connectivity index (χ1) is 13.4. The van der Waals surface area contributed by atoms with Crippen LogP contribution in [-0.4, -0.2) is 18.0 Å². The molecule has 0 fully saturated rings. The largest absolute Gasteiger partial charge is 0.416 e. The Morgan fingerprint density at radius 3 is 2.39 bits per heavy atom. The van der Waals surface area contributed by atoms with Gasteiger partial charge in [-0.2, -0.15) is 13.2 Å². The molecular weight excluding hydrogens is 359 g/mol. The lowest BCUT2D eigenvalue weighted by atomic mass is 9.95. The van der Waals surface area contributed by atoms with Gasteiger partial charge in [-0.1, -0.05) is 54.6 Å². The average Bonchev–Trinajstić information content (AvgIpc) is 2.72. The summed E-state index contributed by atoms with van der Waals surface area (Å²) in [5, 5.41) is 2.45. The molecule has 1 aliphatic rings. The number of benzene rings is 3. The maximum absolute atomic E-state index is 13.0. The van der Waals surface area contributed by atoms with Crippen LogP contribution in [0.3, 0.4) is 0 Å². The first kappa shape index (κ1) is 18.8. The first-order valence-corrected chi connectivity index (χ1v) is 9.51. The molecule has 144 valence electrons. The molecule has 1 aliphatic heterocycles. The van der Waals surface area contributed by atoms with Crippen LogP contribution < -0.4 is 0 Å². The Balaban J connectivity index is 1.51. The van der Waals surface area contributed by atoms with E-state index < -0.39 is 11.7 Å². The fourth-order valence-corrected chi connectivity index (χ4v) is 3.87. The molecule has 4 rings (SSSR count). The van der Waals surface area contributed by atoms with Crippen molar-refractivity contribution >= 4 is 16.3 Å². The van der Waals surface area contributed by atoms with Crippen molar-refractivity contribution in [3.05, 3.63) is 89.5 Å². The highest BCUT2D eigenvalue weighted by atomic mass is 19.4. The molecule has 1 atom stereocenters. The van der Waals surface area contributed by atoms with E-state index in [1.165, 1.54) is 28.5 Å². The summed E-state index contributed by atoms with van der Waals surface area (Å²) < 4.78 is 38.9. The highest BCUT2D eigenvalue weighted by molar-refractivity contribution is 5.83. The van der Waals surface area contributed by atoms with Crippen LogP contribution in [0.4, 0.5) is 13.2 Å². The van der Waals surface area contributed by atoms with Crippen molar-refractivity contribution in [3.8, 4) is 0 Å². The molecule has 28 heavy (non-hydrogen) atoms. The van der Waals surface area contributed by atoms with Crippen molar-refractivity contribution < 1.29 is 13.2 Å². The average molecular weight is 381 g/mol. The molecule has 1 heterocycles. The second-order valence-electron chi connectivity index (χ2n) is 7.34. The number of nitrogens with zero attached hydrogens (tertiary/aromatic N) is 1. The normalized spacial score (nSPS) is 16.8. The second-order valence-corrected chi connectivity index (χ2v) is 7.34. The van der Waals surface area contributed by atoms with Gasteiger partial charge in [0.05, 0.1) is 5.56 Å². The molecule has 3 aromatic carbocycles. The topological polar surface area (TPSA) is 3.24 Å². The fraction of sp³-hybridized carbons (Fsp3) is 0.250. The van der Waals surface area contributed by atoms with Gasteiger partial charge in [0.25, 0.3) is 0 Å². The lowest BCUT2D eigenvalue weighted by molar-refractivity contribution is -0.137. The molecule has 0 amide bonds. The van der Waals surface area contributed by atoms with Gasteiger partial charge in [-0.3, -0.25) is 4.90 Å². The van der Waals surface area contributed by atoms with E-state index in [-0.39, 0.29) is 6.04 Å². The van der Waals surface area contributed by atoms with Gasteiger partial charge in [0, 0.05) is 19.1 Å². The van der Waals surface area contributed by atoms with Crippen molar-refractivity contribution in [2.45, 2.75) is 25.6 Å². The van der Waals surface area contributed by atoms with E-state index in [4.69, 9.17) is 0 Å². The maximum Gasteiger partial charge on any atom is 0.416 e. The van der Waals surface area contributed by atoms with Gasteiger partial charge >= 0.3 is 6.18 Å². The predicted molar refractivity (Wildman–Crippen MR) is 108 cm³/mol. The Hall–Kier alpha value is -2.59. The van der Waals surface area contributed by atoms with Crippen molar-refractivity contribution in [3.63, 3.8) is 0 Å². The number of hydrogen-bond acceptors (Lipinski definition) is 1. The Labute approximate surface area is 163 Å². The smallest absolute Gasteiger partial charge is 0.293 e. The molecule has 0 bridgehead atoms. The van der Waals surface area contributed by atoms with Crippen molar-refractivity contribution in [2.75, 3.05) is 13.1 Å². The van der Waals surface area contributed by atoms with Crippen LogP contribution in [0.5, 0.6) is 0 Å². The fourth-order valence-electron chi connectivity index (χ4n) is 3.87. The number of rotatable bonds is 3. The van der Waals surface area contributed by atoms with Gasteiger partial charge in [0.1, 0.15) is 0 Å². The van der Waals surface area contributed by atoms with E-state index in [1.807, 2.05) is 12.1 Å². The highest BCUT2D eigenvalue weighted by Gasteiger charge is 2.30. The van der Waals surface area contributed by atoms with E-state index >= 15 is 0 Å². The Morgan fingerprint density at radius 2 is 1.68 bits per heavy atom. The molecule has 4 heteroatoms. The summed E-state index contributed by atoms with van der Waals surface area (Å²) in [5.41, 5.74) is 2.34. The molecule has 3 aromatic rings. The Morgan fingerprint density at radius 1 is 0.893 bits per heavy atom. The van der Waals surface area contributed by atoms with Crippen molar-refractivity contribution in [1.82, 2.24) is 4.90 Å². The van der Waals surface area contributed by atoms with Gasteiger partial charge < -0.3 is 0 Å². The monoisotopic (exact) mass is 381 g/mol. The maximum atomic E-state index is 13.0. The summed E-state index contributed by atoms with van der Waals surface area (Å²) in [4.78, 5) is 2.36. The summed E-state index contributed by atoms with van der Waals surface area (Å²) in [6.45, 7) is 3.75. The summed E-state index contributed by atoms with van der Waals surface area (Å²) in [6, 6.07) is 20.7. The standard InChI is InChI=1S/C24H22F3N/c1-17(20-10-9-18-5-2-3-6-21(18)15-20)28-13-11-19(12-14-28)22-7-4-8-23(16-22)24(25,26)27/h2-11,15-17H,12-14H2,1H3. The second kappa shape index (κ2) is 7.44. The van der Waals surface area contributed by atoms with Gasteiger partial charge in [-0.05, 0) is 59.0 Å². The zero-order valence-corrected chi connectivity index (χ0v) is 15.7. The van der Waals surface area contributed by atoms with E-state index in [0.29, 0.717) is 5.56 Å². The quantitative estimate of drug-likeness (QED) is 0.487. The van der Waals surface area contributed by atoms with Crippen molar-refractivity contribution in [1.29, 1.82) is 0 Å². The van der Waals surface area contributed by atoms with Crippen LogP contribution in [-0.2, 0) is 6.18 Å². The zero-order chi connectivity index (χ0) is 19.7. The van der Waals surface area contributed by atoms with Gasteiger partial charge in [-0.15, -0.1) is 0 Å². The molecular formula is C24H22F3N. The zero-order valence-electron chi connectivity index (χ0n) is 15.7. The number of halogens is 3. The van der Waals surface area contributed by atoms with Gasteiger partial charge in [0.2, 0.25) is 0 Å². The molecule has 0 radical (unpaired) electrons. The van der Waals surface area contributed by atoms with Gasteiger partial charge in [0.15, 0.2) is 0 Å². The van der Waals surface area contributed by atoms with E-state index in [0.717, 1.165) is 31.1 Å². The number of hydrogen-bond donors (Lipinski definition) is 0. The Bertz CT molecular complexity index is 1020. The van der Waals surface area contributed by atoms with Crippen LogP contribution in [0.15, 0.2) is 72.8 Å². The van der Waals surface area contributed by atoms with E-state index in [1.54, 1.807) is 6.07 Å². The van der Waals surface area contributed by atoms with E-state index in [9.17, 15) is 13.2 Å². The third kappa shape index (κ3) is 3.83. The molecule has 1 unspecified atom stereocenters. The van der Waals surface area contributed by atoms with Crippen LogP contribution in [0.1, 0.15) is 36.1 Å². The SMILES string of the molecule is CC(c1ccc2ccccc2c1)N1CC=C(c2cccc(C(F)(F)F)c2)CC1. The molecule has 1 nitrogen and oxygen atoms in total. The molecule has 0 spiro atoms. The lowest BCUT2D eigenvalue weighted by Gasteiger charge is -2.32. The number of alkyl halides is 3. The number of fused-ring (bicyclic) bond motifs is 1. The highest BCUT2D eigenvalue weighted by Crippen LogP contribution is 2.33. The summed E-state index contributed by atoms with van der Waals surface area (Å²) >= 11 is 0. The van der Waals surface area contributed by atoms with Crippen LogP contribution >= 0.6 is 0 Å². The minimum absolute atomic E-state index is 0.254. The van der Waals surface area contributed by atoms with E-state index in [2.05, 4.69) is 48.2 Å². The van der Waals surface area contributed by atoms with Crippen LogP contribution in [0.25, 0.3) is 16.3 Å². The summed E-state index contributed by atoms with van der Waals surface area (Å²) in [7, 11) is 0. The van der Waals surface area contributed by atoms with Crippen LogP contribution in [0.2, 0.25) is 0 Å². The summed E-state index contributed by atoms with van der Waals surface area (Å²) in [6.07, 6.45) is -1.49. The molecule has 0 saturated carbocycles. The molecule has 0 saturated heterocycles. The molecule has 0 N–H and O–H groups in total. The lowest BCUT2D eigenvalue weighted by Crippen LogP contribution is -2.31. The third-order valence-electron chi connectivity index (χ3n) is 5.60. The predicted octanol–water partition coefficient (Wildman–Crippen LogP) is 6.71. The van der Waals surface area contributed by atoms with Crippen LogP contribution in [0, 0.1) is 0 Å². The third-order valence-corrected chi connectivity index (χ3v) is 5.60. The first-order valence-electron chi connectivity index (χ1n) is 9.51. The molecule has 0 aromatic heterocycles. The summed E-state index contributed by atoms with van der Waals surface area (Å²) in [5.74, 6) is 0. The van der Waals surface area contributed by atoms with Gasteiger partial charge in [-0.25, -0.2) is 0 Å².